The molecule has 28 heavy (non-hydrogen) atoms. The van der Waals surface area contributed by atoms with E-state index in [0.29, 0.717) is 23.7 Å². The minimum Gasteiger partial charge on any atom is -0.490 e. The van der Waals surface area contributed by atoms with Crippen LogP contribution in [0.2, 0.25) is 5.02 Å². The summed E-state index contributed by atoms with van der Waals surface area (Å²) in [5.41, 5.74) is 1.05. The number of hydrogen-bond acceptors (Lipinski definition) is 3. The highest BCUT2D eigenvalue weighted by molar-refractivity contribution is 6.30. The average molecular weight is 397 g/mol. The molecule has 144 valence electrons. The molecule has 1 amide bonds. The number of likely N-dealkylation sites (tertiary alicyclic amines) is 1. The Morgan fingerprint density at radius 1 is 1.07 bits per heavy atom. The number of rotatable bonds is 3. The first kappa shape index (κ1) is 18.6. The monoisotopic (exact) mass is 396 g/mol. The molecule has 4 rings (SSSR count). The summed E-state index contributed by atoms with van der Waals surface area (Å²) in [6.07, 6.45) is 1.56. The molecule has 0 saturated carbocycles. The number of benzene rings is 2. The summed E-state index contributed by atoms with van der Waals surface area (Å²) in [5.74, 6) is 0.686. The van der Waals surface area contributed by atoms with E-state index in [9.17, 15) is 9.59 Å². The second-order valence-corrected chi connectivity index (χ2v) is 7.47. The molecule has 2 aromatic carbocycles. The molecule has 1 aromatic heterocycles. The molecule has 0 atom stereocenters. The number of pyridine rings is 1. The summed E-state index contributed by atoms with van der Waals surface area (Å²) in [7, 11) is 1.72. The molecule has 1 saturated heterocycles. The molecule has 0 N–H and O–H groups in total. The lowest BCUT2D eigenvalue weighted by Crippen LogP contribution is -2.42. The van der Waals surface area contributed by atoms with Crippen LogP contribution in [0.25, 0.3) is 10.9 Å². The fourth-order valence-electron chi connectivity index (χ4n) is 3.64. The zero-order valence-electron chi connectivity index (χ0n) is 15.6. The minimum absolute atomic E-state index is 0.0608. The molecule has 1 fully saturated rings. The van der Waals surface area contributed by atoms with Crippen molar-refractivity contribution < 1.29 is 9.53 Å². The zero-order chi connectivity index (χ0) is 19.7. The van der Waals surface area contributed by atoms with E-state index in [4.69, 9.17) is 16.3 Å². The van der Waals surface area contributed by atoms with Crippen molar-refractivity contribution in [2.45, 2.75) is 18.9 Å². The Balaban J connectivity index is 1.49. The van der Waals surface area contributed by atoms with Crippen molar-refractivity contribution in [3.63, 3.8) is 0 Å². The van der Waals surface area contributed by atoms with Crippen molar-refractivity contribution in [1.82, 2.24) is 9.47 Å². The Morgan fingerprint density at radius 2 is 1.75 bits per heavy atom. The third-order valence-electron chi connectivity index (χ3n) is 5.23. The number of aromatic nitrogens is 1. The molecule has 3 aromatic rings. The van der Waals surface area contributed by atoms with E-state index in [1.807, 2.05) is 41.3 Å². The molecule has 0 spiro atoms. The number of carbonyl (C=O) groups is 1. The Hall–Kier alpha value is -2.79. The lowest BCUT2D eigenvalue weighted by atomic mass is 10.0. The summed E-state index contributed by atoms with van der Waals surface area (Å²) in [6, 6.07) is 16.3. The smallest absolute Gasteiger partial charge is 0.254 e. The fourth-order valence-corrected chi connectivity index (χ4v) is 3.77. The van der Waals surface area contributed by atoms with Gasteiger partial charge in [0.05, 0.1) is 11.1 Å². The van der Waals surface area contributed by atoms with Gasteiger partial charge in [0, 0.05) is 49.5 Å². The van der Waals surface area contributed by atoms with Crippen molar-refractivity contribution >= 4 is 28.4 Å². The largest absolute Gasteiger partial charge is 0.490 e. The number of piperidine rings is 1. The minimum atomic E-state index is -0.178. The summed E-state index contributed by atoms with van der Waals surface area (Å²) in [4.78, 5) is 27.2. The lowest BCUT2D eigenvalue weighted by Gasteiger charge is -2.32. The van der Waals surface area contributed by atoms with Gasteiger partial charge in [0.1, 0.15) is 11.9 Å². The molecular weight excluding hydrogens is 376 g/mol. The maximum atomic E-state index is 13.1. The average Bonchev–Trinajstić information content (AvgIpc) is 2.72. The standard InChI is InChI=1S/C22H21ClN2O3/c1-24-20-5-3-2-4-18(20)19(14-21(24)26)22(27)25-12-10-17(11-13-25)28-16-8-6-15(23)7-9-16/h2-9,14,17H,10-13H2,1H3. The first-order chi connectivity index (χ1) is 13.5. The van der Waals surface area contributed by atoms with E-state index in [2.05, 4.69) is 0 Å². The van der Waals surface area contributed by atoms with Crippen LogP contribution in [-0.2, 0) is 7.05 Å². The number of fused-ring (bicyclic) bond motifs is 1. The number of hydrogen-bond donors (Lipinski definition) is 0. The maximum absolute atomic E-state index is 13.1. The van der Waals surface area contributed by atoms with Crippen molar-refractivity contribution in [3.8, 4) is 5.75 Å². The first-order valence-corrected chi connectivity index (χ1v) is 9.71. The molecule has 1 aliphatic heterocycles. The highest BCUT2D eigenvalue weighted by Crippen LogP contribution is 2.23. The van der Waals surface area contributed by atoms with Crippen LogP contribution in [-0.4, -0.2) is 34.6 Å². The number of aryl methyl sites for hydroxylation is 1. The van der Waals surface area contributed by atoms with E-state index in [0.717, 1.165) is 29.5 Å². The summed E-state index contributed by atoms with van der Waals surface area (Å²) in [5, 5.41) is 1.48. The molecule has 1 aliphatic rings. The van der Waals surface area contributed by atoms with Gasteiger partial charge >= 0.3 is 0 Å². The van der Waals surface area contributed by atoms with Gasteiger partial charge in [-0.05, 0) is 30.3 Å². The van der Waals surface area contributed by atoms with Gasteiger partial charge < -0.3 is 14.2 Å². The number of halogens is 1. The van der Waals surface area contributed by atoms with E-state index in [1.54, 1.807) is 23.7 Å². The van der Waals surface area contributed by atoms with Crippen molar-refractivity contribution in [2.75, 3.05) is 13.1 Å². The van der Waals surface area contributed by atoms with Crippen LogP contribution in [0, 0.1) is 0 Å². The molecule has 0 radical (unpaired) electrons. The van der Waals surface area contributed by atoms with Gasteiger partial charge in [0.15, 0.2) is 0 Å². The number of amides is 1. The SMILES string of the molecule is Cn1c(=O)cc(C(=O)N2CCC(Oc3ccc(Cl)cc3)CC2)c2ccccc21. The highest BCUT2D eigenvalue weighted by Gasteiger charge is 2.26. The molecule has 6 heteroatoms. The predicted octanol–water partition coefficient (Wildman–Crippen LogP) is 3.88. The van der Waals surface area contributed by atoms with Crippen LogP contribution in [0.4, 0.5) is 0 Å². The van der Waals surface area contributed by atoms with Crippen LogP contribution in [0.3, 0.4) is 0 Å². The molecule has 0 aliphatic carbocycles. The molecule has 5 nitrogen and oxygen atoms in total. The lowest BCUT2D eigenvalue weighted by molar-refractivity contribution is 0.0597. The Kier molecular flexibility index (Phi) is 5.09. The summed E-state index contributed by atoms with van der Waals surface area (Å²) >= 11 is 5.91. The second-order valence-electron chi connectivity index (χ2n) is 7.04. The number of ether oxygens (including phenoxy) is 1. The van der Waals surface area contributed by atoms with E-state index in [1.165, 1.54) is 6.07 Å². The van der Waals surface area contributed by atoms with Gasteiger partial charge in [-0.3, -0.25) is 9.59 Å². The Bertz CT molecular complexity index is 1070. The third kappa shape index (κ3) is 3.62. The molecule has 0 bridgehead atoms. The van der Waals surface area contributed by atoms with Gasteiger partial charge in [-0.1, -0.05) is 29.8 Å². The number of carbonyl (C=O) groups excluding carboxylic acids is 1. The summed E-state index contributed by atoms with van der Waals surface area (Å²) < 4.78 is 7.57. The van der Waals surface area contributed by atoms with Crippen molar-refractivity contribution in [2.24, 2.45) is 7.05 Å². The number of para-hydroxylation sites is 1. The third-order valence-corrected chi connectivity index (χ3v) is 5.48. The van der Waals surface area contributed by atoms with Crippen LogP contribution < -0.4 is 10.3 Å². The molecule has 0 unspecified atom stereocenters. The van der Waals surface area contributed by atoms with Crippen LogP contribution in [0.15, 0.2) is 59.4 Å². The Labute approximate surface area is 168 Å². The first-order valence-electron chi connectivity index (χ1n) is 9.33. The van der Waals surface area contributed by atoms with Gasteiger partial charge in [-0.25, -0.2) is 0 Å². The quantitative estimate of drug-likeness (QED) is 0.675. The van der Waals surface area contributed by atoms with E-state index >= 15 is 0 Å². The topological polar surface area (TPSA) is 51.5 Å². The molecular formula is C22H21ClN2O3. The van der Waals surface area contributed by atoms with Crippen LogP contribution in [0.1, 0.15) is 23.2 Å². The van der Waals surface area contributed by atoms with Crippen molar-refractivity contribution in [1.29, 1.82) is 0 Å². The zero-order valence-corrected chi connectivity index (χ0v) is 16.4. The van der Waals surface area contributed by atoms with Gasteiger partial charge in [-0.15, -0.1) is 0 Å². The fraction of sp³-hybridized carbons (Fsp3) is 0.273. The Morgan fingerprint density at radius 3 is 2.46 bits per heavy atom. The highest BCUT2D eigenvalue weighted by atomic mass is 35.5. The maximum Gasteiger partial charge on any atom is 0.254 e. The van der Waals surface area contributed by atoms with Gasteiger partial charge in [-0.2, -0.15) is 0 Å². The second kappa shape index (κ2) is 7.68. The van der Waals surface area contributed by atoms with Crippen molar-refractivity contribution in [3.05, 3.63) is 75.5 Å². The van der Waals surface area contributed by atoms with E-state index < -0.39 is 0 Å². The predicted molar refractivity (Wildman–Crippen MR) is 110 cm³/mol. The van der Waals surface area contributed by atoms with Crippen LogP contribution in [0.5, 0.6) is 5.75 Å². The van der Waals surface area contributed by atoms with E-state index in [-0.39, 0.29) is 17.6 Å². The summed E-state index contributed by atoms with van der Waals surface area (Å²) in [6.45, 7) is 1.20. The normalized spacial score (nSPS) is 15.0. The molecule has 2 heterocycles. The van der Waals surface area contributed by atoms with Gasteiger partial charge in [0.2, 0.25) is 0 Å². The van der Waals surface area contributed by atoms with Crippen LogP contribution >= 0.6 is 11.6 Å². The number of nitrogens with zero attached hydrogens (tertiary/aromatic N) is 2. The van der Waals surface area contributed by atoms with Gasteiger partial charge in [0.25, 0.3) is 11.5 Å².